The van der Waals surface area contributed by atoms with E-state index in [1.807, 2.05) is 24.3 Å². The number of rotatable bonds is 6. The Labute approximate surface area is 165 Å². The lowest BCUT2D eigenvalue weighted by Crippen LogP contribution is -2.26. The van der Waals surface area contributed by atoms with Crippen molar-refractivity contribution in [2.45, 2.75) is 19.5 Å². The molecule has 0 atom stereocenters. The summed E-state index contributed by atoms with van der Waals surface area (Å²) in [5.41, 5.74) is 1.02. The summed E-state index contributed by atoms with van der Waals surface area (Å²) in [6.45, 7) is 2.08. The van der Waals surface area contributed by atoms with Crippen LogP contribution in [-0.4, -0.2) is 34.3 Å². The Balaban J connectivity index is 1.64. The molecule has 0 aliphatic rings. The molecule has 152 valence electrons. The summed E-state index contributed by atoms with van der Waals surface area (Å²) in [6, 6.07) is 9.69. The molecule has 0 aliphatic heterocycles. The monoisotopic (exact) mass is 404 g/mol. The van der Waals surface area contributed by atoms with Crippen LogP contribution in [0.15, 0.2) is 48.8 Å². The molecule has 6 nitrogen and oxygen atoms in total. The van der Waals surface area contributed by atoms with E-state index in [0.29, 0.717) is 24.2 Å². The molecular weight excluding hydrogens is 385 g/mol. The maximum absolute atomic E-state index is 12.7. The van der Waals surface area contributed by atoms with Gasteiger partial charge in [0.1, 0.15) is 5.75 Å². The molecule has 0 fully saturated rings. The first-order valence-corrected chi connectivity index (χ1v) is 8.79. The number of hydrogen-bond donors (Lipinski definition) is 1. The van der Waals surface area contributed by atoms with E-state index in [1.54, 1.807) is 14.0 Å². The quantitative estimate of drug-likeness (QED) is 0.682. The van der Waals surface area contributed by atoms with E-state index in [1.165, 1.54) is 16.9 Å². The molecule has 2 heterocycles. The summed E-state index contributed by atoms with van der Waals surface area (Å²) in [6.07, 6.45) is -1.70. The van der Waals surface area contributed by atoms with Gasteiger partial charge in [0, 0.05) is 12.7 Å². The highest BCUT2D eigenvalue weighted by molar-refractivity contribution is 5.95. The van der Waals surface area contributed by atoms with Crippen LogP contribution in [-0.2, 0) is 12.6 Å². The van der Waals surface area contributed by atoms with E-state index in [9.17, 15) is 18.0 Å². The van der Waals surface area contributed by atoms with Gasteiger partial charge in [-0.25, -0.2) is 9.67 Å². The fraction of sp³-hybridized carbons (Fsp3) is 0.250. The van der Waals surface area contributed by atoms with E-state index in [2.05, 4.69) is 15.4 Å². The van der Waals surface area contributed by atoms with Crippen LogP contribution in [0, 0.1) is 6.92 Å². The Kier molecular flexibility index (Phi) is 5.86. The molecule has 3 aromatic rings. The van der Waals surface area contributed by atoms with Gasteiger partial charge in [-0.2, -0.15) is 18.3 Å². The van der Waals surface area contributed by atoms with Crippen LogP contribution >= 0.6 is 0 Å². The lowest BCUT2D eigenvalue weighted by Gasteiger charge is -2.08. The smallest absolute Gasteiger partial charge is 0.417 e. The number of ether oxygens (including phenoxy) is 1. The third-order valence-electron chi connectivity index (χ3n) is 4.40. The highest BCUT2D eigenvalue weighted by atomic mass is 19.4. The van der Waals surface area contributed by atoms with E-state index in [4.69, 9.17) is 4.74 Å². The number of pyridine rings is 1. The number of halogens is 3. The standard InChI is InChI=1S/C20H19F3N4O2/c1-13-17(19(28)24-10-9-14-3-6-16(29-2)7-4-14)12-26-27(13)18-8-5-15(11-25-18)20(21,22)23/h3-8,11-12H,9-10H2,1-2H3,(H,24,28). The Morgan fingerprint density at radius 1 is 1.14 bits per heavy atom. The van der Waals surface area contributed by atoms with Crippen molar-refractivity contribution in [3.05, 3.63) is 71.2 Å². The number of amides is 1. The van der Waals surface area contributed by atoms with Crippen molar-refractivity contribution in [3.63, 3.8) is 0 Å². The van der Waals surface area contributed by atoms with Crippen molar-refractivity contribution in [2.75, 3.05) is 13.7 Å². The third kappa shape index (κ3) is 4.74. The van der Waals surface area contributed by atoms with Crippen LogP contribution in [0.1, 0.15) is 27.2 Å². The van der Waals surface area contributed by atoms with Crippen molar-refractivity contribution < 1.29 is 22.7 Å². The predicted molar refractivity (Wildman–Crippen MR) is 100 cm³/mol. The minimum absolute atomic E-state index is 0.202. The molecule has 3 rings (SSSR count). The molecular formula is C20H19F3N4O2. The molecule has 0 unspecified atom stereocenters. The minimum atomic E-state index is -4.46. The molecule has 0 spiro atoms. The number of carbonyl (C=O) groups is 1. The first kappa shape index (κ1) is 20.4. The highest BCUT2D eigenvalue weighted by Gasteiger charge is 2.30. The zero-order chi connectivity index (χ0) is 21.0. The Bertz CT molecular complexity index is 980. The van der Waals surface area contributed by atoms with Crippen LogP contribution in [0.3, 0.4) is 0 Å². The fourth-order valence-electron chi connectivity index (χ4n) is 2.75. The van der Waals surface area contributed by atoms with E-state index in [-0.39, 0.29) is 11.7 Å². The van der Waals surface area contributed by atoms with Crippen molar-refractivity contribution in [1.29, 1.82) is 0 Å². The predicted octanol–water partition coefficient (Wildman–Crippen LogP) is 3.58. The van der Waals surface area contributed by atoms with Crippen LogP contribution in [0.5, 0.6) is 5.75 Å². The molecule has 2 aromatic heterocycles. The van der Waals surface area contributed by atoms with Gasteiger partial charge >= 0.3 is 6.18 Å². The largest absolute Gasteiger partial charge is 0.497 e. The number of carbonyl (C=O) groups excluding carboxylic acids is 1. The SMILES string of the molecule is COc1ccc(CCNC(=O)c2cnn(-c3ccc(C(F)(F)F)cn3)c2C)cc1. The van der Waals surface area contributed by atoms with Crippen LogP contribution in [0.4, 0.5) is 13.2 Å². The topological polar surface area (TPSA) is 69.0 Å². The zero-order valence-electron chi connectivity index (χ0n) is 15.8. The number of hydrogen-bond acceptors (Lipinski definition) is 4. The van der Waals surface area contributed by atoms with Gasteiger partial charge in [-0.3, -0.25) is 4.79 Å². The number of benzene rings is 1. The van der Waals surface area contributed by atoms with Crippen LogP contribution < -0.4 is 10.1 Å². The van der Waals surface area contributed by atoms with E-state index < -0.39 is 11.7 Å². The summed E-state index contributed by atoms with van der Waals surface area (Å²) in [5, 5.41) is 6.90. The first-order valence-electron chi connectivity index (χ1n) is 8.79. The number of nitrogens with zero attached hydrogens (tertiary/aromatic N) is 3. The number of aromatic nitrogens is 3. The Hall–Kier alpha value is -3.36. The van der Waals surface area contributed by atoms with Crippen molar-refractivity contribution >= 4 is 5.91 Å². The van der Waals surface area contributed by atoms with Gasteiger partial charge in [0.2, 0.25) is 0 Å². The normalized spacial score (nSPS) is 11.3. The van der Waals surface area contributed by atoms with E-state index >= 15 is 0 Å². The first-order chi connectivity index (χ1) is 13.8. The average Bonchev–Trinajstić information content (AvgIpc) is 3.09. The zero-order valence-corrected chi connectivity index (χ0v) is 15.8. The molecule has 1 amide bonds. The van der Waals surface area contributed by atoms with Crippen molar-refractivity contribution in [1.82, 2.24) is 20.1 Å². The van der Waals surface area contributed by atoms with Gasteiger partial charge < -0.3 is 10.1 Å². The maximum Gasteiger partial charge on any atom is 0.417 e. The second kappa shape index (κ2) is 8.34. The fourth-order valence-corrected chi connectivity index (χ4v) is 2.75. The van der Waals surface area contributed by atoms with Gasteiger partial charge in [0.25, 0.3) is 5.91 Å². The van der Waals surface area contributed by atoms with Crippen LogP contribution in [0.25, 0.3) is 5.82 Å². The second-order valence-corrected chi connectivity index (χ2v) is 6.31. The second-order valence-electron chi connectivity index (χ2n) is 6.31. The van der Waals surface area contributed by atoms with Gasteiger partial charge in [0.05, 0.1) is 30.1 Å². The summed E-state index contributed by atoms with van der Waals surface area (Å²) >= 11 is 0. The number of methoxy groups -OCH3 is 1. The summed E-state index contributed by atoms with van der Waals surface area (Å²) in [7, 11) is 1.60. The highest BCUT2D eigenvalue weighted by Crippen LogP contribution is 2.28. The molecule has 1 aromatic carbocycles. The average molecular weight is 404 g/mol. The number of nitrogens with one attached hydrogen (secondary N) is 1. The van der Waals surface area contributed by atoms with Gasteiger partial charge in [-0.05, 0) is 43.2 Å². The summed E-state index contributed by atoms with van der Waals surface area (Å²) in [5.74, 6) is 0.652. The lowest BCUT2D eigenvalue weighted by molar-refractivity contribution is -0.137. The van der Waals surface area contributed by atoms with Gasteiger partial charge in [-0.1, -0.05) is 12.1 Å². The van der Waals surface area contributed by atoms with E-state index in [0.717, 1.165) is 23.6 Å². The molecule has 0 saturated heterocycles. The number of alkyl halides is 3. The molecule has 0 radical (unpaired) electrons. The Morgan fingerprint density at radius 3 is 2.45 bits per heavy atom. The molecule has 0 bridgehead atoms. The maximum atomic E-state index is 12.7. The molecule has 0 saturated carbocycles. The molecule has 0 aliphatic carbocycles. The van der Waals surface area contributed by atoms with Gasteiger partial charge in [0.15, 0.2) is 5.82 Å². The van der Waals surface area contributed by atoms with Gasteiger partial charge in [-0.15, -0.1) is 0 Å². The molecule has 29 heavy (non-hydrogen) atoms. The van der Waals surface area contributed by atoms with Crippen LogP contribution in [0.2, 0.25) is 0 Å². The van der Waals surface area contributed by atoms with Crippen molar-refractivity contribution in [2.24, 2.45) is 0 Å². The molecule has 1 N–H and O–H groups in total. The Morgan fingerprint density at radius 2 is 1.86 bits per heavy atom. The summed E-state index contributed by atoms with van der Waals surface area (Å²) in [4.78, 5) is 16.2. The minimum Gasteiger partial charge on any atom is -0.497 e. The third-order valence-corrected chi connectivity index (χ3v) is 4.40. The summed E-state index contributed by atoms with van der Waals surface area (Å²) < 4.78 is 44.4. The van der Waals surface area contributed by atoms with Crippen molar-refractivity contribution in [3.8, 4) is 11.6 Å². The molecule has 9 heteroatoms. The lowest BCUT2D eigenvalue weighted by atomic mass is 10.1.